The monoisotopic (exact) mass is 328 g/mol. The largest absolute Gasteiger partial charge is 0.508 e. The predicted octanol–water partition coefficient (Wildman–Crippen LogP) is 1.74. The summed E-state index contributed by atoms with van der Waals surface area (Å²) in [5.41, 5.74) is 1.79. The predicted molar refractivity (Wildman–Crippen MR) is 77.1 cm³/mol. The molecule has 0 saturated heterocycles. The number of anilines is 1. The SMILES string of the molecule is COC(=O)c1ncsc1S(=O)(=O)Nc1ccc(O)c(C)c1. The molecule has 2 rings (SSSR count). The lowest BCUT2D eigenvalue weighted by atomic mass is 10.2. The van der Waals surface area contributed by atoms with Gasteiger partial charge in [0.1, 0.15) is 5.75 Å². The first kappa shape index (κ1) is 15.3. The molecule has 0 amide bonds. The van der Waals surface area contributed by atoms with Gasteiger partial charge in [-0.25, -0.2) is 18.2 Å². The van der Waals surface area contributed by atoms with Crippen LogP contribution in [0.4, 0.5) is 5.69 Å². The zero-order valence-corrected chi connectivity index (χ0v) is 12.8. The normalized spacial score (nSPS) is 11.1. The van der Waals surface area contributed by atoms with Crippen LogP contribution in [-0.2, 0) is 14.8 Å². The number of phenols is 1. The Hall–Kier alpha value is -2.13. The zero-order chi connectivity index (χ0) is 15.6. The van der Waals surface area contributed by atoms with Crippen LogP contribution in [0.2, 0.25) is 0 Å². The third-order valence-corrected chi connectivity index (χ3v) is 5.36. The second kappa shape index (κ2) is 5.70. The maximum Gasteiger partial charge on any atom is 0.358 e. The van der Waals surface area contributed by atoms with E-state index < -0.39 is 16.0 Å². The van der Waals surface area contributed by atoms with E-state index in [0.717, 1.165) is 18.4 Å². The van der Waals surface area contributed by atoms with Crippen LogP contribution >= 0.6 is 11.3 Å². The molecule has 112 valence electrons. The van der Waals surface area contributed by atoms with Crippen LogP contribution in [0, 0.1) is 6.92 Å². The number of aromatic nitrogens is 1. The molecule has 0 aliphatic carbocycles. The fraction of sp³-hybridized carbons (Fsp3) is 0.167. The van der Waals surface area contributed by atoms with Gasteiger partial charge in [-0.2, -0.15) is 0 Å². The molecule has 0 saturated carbocycles. The number of methoxy groups -OCH3 is 1. The number of sulfonamides is 1. The van der Waals surface area contributed by atoms with Crippen molar-refractivity contribution in [1.29, 1.82) is 0 Å². The van der Waals surface area contributed by atoms with Crippen molar-refractivity contribution < 1.29 is 23.1 Å². The molecule has 0 bridgehead atoms. The van der Waals surface area contributed by atoms with Gasteiger partial charge < -0.3 is 9.84 Å². The first-order valence-electron chi connectivity index (χ1n) is 5.69. The Kier molecular flexibility index (Phi) is 4.14. The van der Waals surface area contributed by atoms with Crippen molar-refractivity contribution in [3.05, 3.63) is 35.0 Å². The Bertz CT molecular complexity index is 783. The van der Waals surface area contributed by atoms with Crippen LogP contribution in [0.1, 0.15) is 16.1 Å². The van der Waals surface area contributed by atoms with E-state index in [4.69, 9.17) is 0 Å². The highest BCUT2D eigenvalue weighted by Gasteiger charge is 2.26. The van der Waals surface area contributed by atoms with E-state index in [-0.39, 0.29) is 21.3 Å². The van der Waals surface area contributed by atoms with E-state index in [1.165, 1.54) is 23.7 Å². The number of nitrogens with zero attached hydrogens (tertiary/aromatic N) is 1. The number of thiazole rings is 1. The highest BCUT2D eigenvalue weighted by atomic mass is 32.2. The molecule has 0 unspecified atom stereocenters. The van der Waals surface area contributed by atoms with Crippen LogP contribution in [-0.4, -0.2) is 31.6 Å². The summed E-state index contributed by atoms with van der Waals surface area (Å²) in [6.45, 7) is 1.64. The van der Waals surface area contributed by atoms with Crippen LogP contribution in [0.5, 0.6) is 5.75 Å². The number of carbonyl (C=O) groups is 1. The number of hydrogen-bond donors (Lipinski definition) is 2. The summed E-state index contributed by atoms with van der Waals surface area (Å²) in [6, 6.07) is 4.27. The van der Waals surface area contributed by atoms with E-state index in [1.807, 2.05) is 0 Å². The molecule has 0 fully saturated rings. The summed E-state index contributed by atoms with van der Waals surface area (Å²) in [4.78, 5) is 15.2. The molecule has 0 aliphatic rings. The van der Waals surface area contributed by atoms with Crippen molar-refractivity contribution in [3.63, 3.8) is 0 Å². The quantitative estimate of drug-likeness (QED) is 0.654. The molecule has 0 spiro atoms. The van der Waals surface area contributed by atoms with E-state index in [1.54, 1.807) is 6.92 Å². The maximum atomic E-state index is 12.3. The number of esters is 1. The minimum absolute atomic E-state index is 0.0611. The smallest absolute Gasteiger partial charge is 0.358 e. The average molecular weight is 328 g/mol. The molecule has 2 aromatic rings. The molecule has 21 heavy (non-hydrogen) atoms. The number of carbonyl (C=O) groups excluding carboxylic acids is 1. The average Bonchev–Trinajstić information content (AvgIpc) is 2.92. The zero-order valence-electron chi connectivity index (χ0n) is 11.2. The van der Waals surface area contributed by atoms with Crippen LogP contribution < -0.4 is 4.72 Å². The molecule has 7 nitrogen and oxygen atoms in total. The Labute approximate surface area is 125 Å². The highest BCUT2D eigenvalue weighted by molar-refractivity contribution is 7.94. The van der Waals surface area contributed by atoms with E-state index in [9.17, 15) is 18.3 Å². The molecule has 1 heterocycles. The van der Waals surface area contributed by atoms with Crippen molar-refractivity contribution in [2.24, 2.45) is 0 Å². The van der Waals surface area contributed by atoms with Gasteiger partial charge in [0.25, 0.3) is 10.0 Å². The molecule has 1 aromatic carbocycles. The molecule has 9 heteroatoms. The van der Waals surface area contributed by atoms with E-state index >= 15 is 0 Å². The van der Waals surface area contributed by atoms with Crippen molar-refractivity contribution in [2.45, 2.75) is 11.1 Å². The van der Waals surface area contributed by atoms with Crippen molar-refractivity contribution >= 4 is 33.0 Å². The molecule has 1 aromatic heterocycles. The number of aryl methyl sites for hydroxylation is 1. The molecular weight excluding hydrogens is 316 g/mol. The van der Waals surface area contributed by atoms with E-state index in [2.05, 4.69) is 14.4 Å². The van der Waals surface area contributed by atoms with Crippen molar-refractivity contribution in [2.75, 3.05) is 11.8 Å². The van der Waals surface area contributed by atoms with Gasteiger partial charge in [-0.05, 0) is 30.7 Å². The lowest BCUT2D eigenvalue weighted by Gasteiger charge is -2.08. The van der Waals surface area contributed by atoms with Gasteiger partial charge >= 0.3 is 5.97 Å². The minimum Gasteiger partial charge on any atom is -0.508 e. The fourth-order valence-electron chi connectivity index (χ4n) is 1.58. The molecule has 0 radical (unpaired) electrons. The van der Waals surface area contributed by atoms with Gasteiger partial charge in [-0.15, -0.1) is 11.3 Å². The lowest BCUT2D eigenvalue weighted by molar-refractivity contribution is 0.0590. The van der Waals surface area contributed by atoms with Gasteiger partial charge in [-0.1, -0.05) is 0 Å². The highest BCUT2D eigenvalue weighted by Crippen LogP contribution is 2.26. The molecule has 2 N–H and O–H groups in total. The van der Waals surface area contributed by atoms with Crippen molar-refractivity contribution in [3.8, 4) is 5.75 Å². The van der Waals surface area contributed by atoms with Gasteiger partial charge in [0.15, 0.2) is 9.90 Å². The van der Waals surface area contributed by atoms with Gasteiger partial charge in [0.05, 0.1) is 12.6 Å². The maximum absolute atomic E-state index is 12.3. The number of rotatable bonds is 4. The minimum atomic E-state index is -3.96. The topological polar surface area (TPSA) is 106 Å². The third kappa shape index (κ3) is 3.14. The second-order valence-electron chi connectivity index (χ2n) is 4.09. The fourth-order valence-corrected chi connectivity index (χ4v) is 3.76. The second-order valence-corrected chi connectivity index (χ2v) is 6.82. The Morgan fingerprint density at radius 2 is 2.14 bits per heavy atom. The Morgan fingerprint density at radius 1 is 1.43 bits per heavy atom. The summed E-state index contributed by atoms with van der Waals surface area (Å²) in [5.74, 6) is -0.760. The number of benzene rings is 1. The number of phenolic OH excluding ortho intramolecular Hbond substituents is 1. The molecule has 0 atom stereocenters. The summed E-state index contributed by atoms with van der Waals surface area (Å²) < 4.78 is 31.2. The van der Waals surface area contributed by atoms with Gasteiger partial charge in [-0.3, -0.25) is 4.72 Å². The standard InChI is InChI=1S/C12H12N2O5S2/c1-7-5-8(3-4-9(7)15)14-21(17,18)12-10(11(16)19-2)13-6-20-12/h3-6,14-15H,1-2H3. The summed E-state index contributed by atoms with van der Waals surface area (Å²) in [6.07, 6.45) is 0. The summed E-state index contributed by atoms with van der Waals surface area (Å²) in [7, 11) is -2.81. The van der Waals surface area contributed by atoms with Crippen LogP contribution in [0.3, 0.4) is 0 Å². The van der Waals surface area contributed by atoms with Crippen LogP contribution in [0.25, 0.3) is 0 Å². The number of ether oxygens (including phenoxy) is 1. The first-order chi connectivity index (χ1) is 9.85. The Morgan fingerprint density at radius 3 is 2.76 bits per heavy atom. The van der Waals surface area contributed by atoms with E-state index in [0.29, 0.717) is 5.56 Å². The third-order valence-electron chi connectivity index (χ3n) is 2.61. The summed E-state index contributed by atoms with van der Waals surface area (Å²) >= 11 is 0.815. The van der Waals surface area contributed by atoms with Crippen LogP contribution in [0.15, 0.2) is 27.9 Å². The lowest BCUT2D eigenvalue weighted by Crippen LogP contribution is -2.16. The molecule has 0 aliphatic heterocycles. The number of nitrogens with one attached hydrogen (secondary N) is 1. The molecular formula is C12H12N2O5S2. The summed E-state index contributed by atoms with van der Waals surface area (Å²) in [5, 5.41) is 9.43. The number of aromatic hydroxyl groups is 1. The van der Waals surface area contributed by atoms with Gasteiger partial charge in [0.2, 0.25) is 0 Å². The number of hydrogen-bond acceptors (Lipinski definition) is 7. The Balaban J connectivity index is 2.37. The first-order valence-corrected chi connectivity index (χ1v) is 8.05. The van der Waals surface area contributed by atoms with Gasteiger partial charge in [0, 0.05) is 5.69 Å². The van der Waals surface area contributed by atoms with Crippen molar-refractivity contribution in [1.82, 2.24) is 4.98 Å².